The van der Waals surface area contributed by atoms with Crippen molar-refractivity contribution in [2.24, 2.45) is 0 Å². The second kappa shape index (κ2) is 7.71. The number of hydrogen-bond acceptors (Lipinski definition) is 8. The van der Waals surface area contributed by atoms with E-state index >= 15 is 0 Å². The standard InChI is InChI=1S/C20H19FN8O2S/c1-10-8-23-20(32-10)28-5-3-4-13(19(28)31)25-15-7-16(22-2)29-17(27-15)11(9-24-29)18(30)26-14-6-12(14)21/h3-5,7-9,12,14,22H,6H2,1-2H3,(H,25,27)(H,26,30)/t12-,14+/m1/s1. The molecule has 4 aromatic heterocycles. The maximum absolute atomic E-state index is 13.2. The molecule has 10 nitrogen and oxygen atoms in total. The zero-order chi connectivity index (χ0) is 22.4. The van der Waals surface area contributed by atoms with Crippen molar-refractivity contribution in [1.29, 1.82) is 0 Å². The number of thiazole rings is 1. The molecule has 0 saturated heterocycles. The maximum Gasteiger partial charge on any atom is 0.280 e. The van der Waals surface area contributed by atoms with E-state index in [0.29, 0.717) is 28.9 Å². The molecule has 164 valence electrons. The average molecular weight is 454 g/mol. The number of halogens is 1. The Morgan fingerprint density at radius 1 is 1.34 bits per heavy atom. The molecule has 1 aliphatic carbocycles. The lowest BCUT2D eigenvalue weighted by Crippen LogP contribution is -2.27. The number of hydrogen-bond donors (Lipinski definition) is 3. The first-order valence-electron chi connectivity index (χ1n) is 9.87. The fraction of sp³-hybridized carbons (Fsp3) is 0.250. The summed E-state index contributed by atoms with van der Waals surface area (Å²) in [6.07, 6.45) is 4.04. The van der Waals surface area contributed by atoms with Gasteiger partial charge in [0, 0.05) is 36.8 Å². The highest BCUT2D eigenvalue weighted by atomic mass is 32.1. The Morgan fingerprint density at radius 3 is 2.84 bits per heavy atom. The van der Waals surface area contributed by atoms with Crippen LogP contribution in [0.25, 0.3) is 10.8 Å². The lowest BCUT2D eigenvalue weighted by molar-refractivity contribution is 0.0949. The molecule has 0 aromatic carbocycles. The van der Waals surface area contributed by atoms with Crippen molar-refractivity contribution in [2.75, 3.05) is 17.7 Å². The van der Waals surface area contributed by atoms with Gasteiger partial charge in [-0.15, -0.1) is 11.3 Å². The van der Waals surface area contributed by atoms with E-state index in [4.69, 9.17) is 0 Å². The van der Waals surface area contributed by atoms with E-state index in [-0.39, 0.29) is 16.8 Å². The number of aryl methyl sites for hydroxylation is 1. The Labute approximate surface area is 185 Å². The van der Waals surface area contributed by atoms with Crippen molar-refractivity contribution in [3.05, 3.63) is 57.6 Å². The number of carbonyl (C=O) groups excluding carboxylic acids is 1. The lowest BCUT2D eigenvalue weighted by atomic mass is 10.3. The Hall–Kier alpha value is -3.80. The van der Waals surface area contributed by atoms with Crippen molar-refractivity contribution in [2.45, 2.75) is 25.6 Å². The van der Waals surface area contributed by atoms with Gasteiger partial charge in [0.05, 0.1) is 12.2 Å². The molecule has 12 heteroatoms. The third-order valence-corrected chi connectivity index (χ3v) is 5.94. The van der Waals surface area contributed by atoms with Crippen molar-refractivity contribution in [3.63, 3.8) is 0 Å². The summed E-state index contributed by atoms with van der Waals surface area (Å²) in [6.45, 7) is 1.92. The van der Waals surface area contributed by atoms with Crippen LogP contribution < -0.4 is 21.5 Å². The first-order chi connectivity index (χ1) is 15.4. The van der Waals surface area contributed by atoms with E-state index in [1.54, 1.807) is 37.6 Å². The minimum atomic E-state index is -1.01. The van der Waals surface area contributed by atoms with Crippen molar-refractivity contribution < 1.29 is 9.18 Å². The monoisotopic (exact) mass is 454 g/mol. The van der Waals surface area contributed by atoms with E-state index in [1.807, 2.05) is 6.92 Å². The molecule has 1 saturated carbocycles. The van der Waals surface area contributed by atoms with Crippen LogP contribution in [0.1, 0.15) is 21.7 Å². The maximum atomic E-state index is 13.2. The summed E-state index contributed by atoms with van der Waals surface area (Å²) in [5.74, 6) is 0.451. The Bertz CT molecular complexity index is 1390. The molecule has 0 spiro atoms. The zero-order valence-electron chi connectivity index (χ0n) is 17.2. The molecule has 1 amide bonds. The van der Waals surface area contributed by atoms with Gasteiger partial charge in [0.25, 0.3) is 11.5 Å². The number of nitrogens with one attached hydrogen (secondary N) is 3. The summed E-state index contributed by atoms with van der Waals surface area (Å²) in [4.78, 5) is 35.3. The smallest absolute Gasteiger partial charge is 0.280 e. The Morgan fingerprint density at radius 2 is 2.16 bits per heavy atom. The molecule has 1 fully saturated rings. The van der Waals surface area contributed by atoms with Gasteiger partial charge in [-0.2, -0.15) is 9.61 Å². The third-order valence-electron chi connectivity index (χ3n) is 5.03. The fourth-order valence-corrected chi connectivity index (χ4v) is 4.00. The highest BCUT2D eigenvalue weighted by Crippen LogP contribution is 2.26. The summed E-state index contributed by atoms with van der Waals surface area (Å²) in [5, 5.41) is 13.4. The van der Waals surface area contributed by atoms with Crippen LogP contribution in [0.5, 0.6) is 0 Å². The van der Waals surface area contributed by atoms with Gasteiger partial charge in [-0.05, 0) is 19.1 Å². The molecule has 0 bridgehead atoms. The fourth-order valence-electron chi connectivity index (χ4n) is 3.26. The van der Waals surface area contributed by atoms with Crippen LogP contribution in [0.15, 0.2) is 41.6 Å². The van der Waals surface area contributed by atoms with Crippen LogP contribution in [0.3, 0.4) is 0 Å². The first-order valence-corrected chi connectivity index (χ1v) is 10.7. The van der Waals surface area contributed by atoms with Gasteiger partial charge in [0.1, 0.15) is 29.1 Å². The molecule has 1 aliphatic rings. The molecule has 32 heavy (non-hydrogen) atoms. The second-order valence-electron chi connectivity index (χ2n) is 7.38. The molecule has 2 atom stereocenters. The van der Waals surface area contributed by atoms with E-state index < -0.39 is 18.1 Å². The number of rotatable bonds is 6. The first kappa shape index (κ1) is 20.1. The molecular weight excluding hydrogens is 435 g/mol. The number of pyridine rings is 1. The molecule has 0 aliphatic heterocycles. The summed E-state index contributed by atoms with van der Waals surface area (Å²) < 4.78 is 16.1. The second-order valence-corrected chi connectivity index (χ2v) is 8.59. The number of carbonyl (C=O) groups is 1. The number of alkyl halides is 1. The van der Waals surface area contributed by atoms with E-state index in [2.05, 4.69) is 31.0 Å². The Balaban J connectivity index is 1.51. The number of aromatic nitrogens is 5. The lowest BCUT2D eigenvalue weighted by Gasteiger charge is -2.11. The van der Waals surface area contributed by atoms with Crippen LogP contribution in [-0.4, -0.2) is 49.3 Å². The van der Waals surface area contributed by atoms with Gasteiger partial charge in [-0.25, -0.2) is 14.4 Å². The van der Waals surface area contributed by atoms with Gasteiger partial charge < -0.3 is 16.0 Å². The van der Waals surface area contributed by atoms with Crippen molar-refractivity contribution in [1.82, 2.24) is 29.5 Å². The van der Waals surface area contributed by atoms with Crippen molar-refractivity contribution in [3.8, 4) is 5.13 Å². The SMILES string of the molecule is CNc1cc(Nc2cccn(-c3ncc(C)s3)c2=O)nc2c(C(=O)N[C@H]3C[C@H]3F)cnn12. The van der Waals surface area contributed by atoms with Crippen LogP contribution in [0, 0.1) is 6.92 Å². The zero-order valence-corrected chi connectivity index (χ0v) is 18.0. The summed E-state index contributed by atoms with van der Waals surface area (Å²) >= 11 is 1.41. The Kier molecular flexibility index (Phi) is 4.85. The number of amides is 1. The number of anilines is 3. The van der Waals surface area contributed by atoms with Gasteiger partial charge >= 0.3 is 0 Å². The summed E-state index contributed by atoms with van der Waals surface area (Å²) in [7, 11) is 1.71. The topological polar surface area (TPSA) is 118 Å². The normalized spacial score (nSPS) is 17.3. The van der Waals surface area contributed by atoms with E-state index in [0.717, 1.165) is 4.88 Å². The molecular formula is C20H19FN8O2S. The largest absolute Gasteiger partial charge is 0.373 e. The average Bonchev–Trinajstić information content (AvgIpc) is 3.14. The number of nitrogens with zero attached hydrogens (tertiary/aromatic N) is 5. The summed E-state index contributed by atoms with van der Waals surface area (Å²) in [5.41, 5.74) is 0.499. The van der Waals surface area contributed by atoms with Gasteiger partial charge in [-0.1, -0.05) is 0 Å². The highest BCUT2D eigenvalue weighted by Gasteiger charge is 2.39. The van der Waals surface area contributed by atoms with Crippen LogP contribution in [0.2, 0.25) is 0 Å². The minimum Gasteiger partial charge on any atom is -0.373 e. The van der Waals surface area contributed by atoms with Gasteiger partial charge in [0.15, 0.2) is 10.8 Å². The van der Waals surface area contributed by atoms with Crippen LogP contribution in [0.4, 0.5) is 21.7 Å². The minimum absolute atomic E-state index is 0.216. The predicted molar refractivity (Wildman–Crippen MR) is 119 cm³/mol. The van der Waals surface area contributed by atoms with Crippen molar-refractivity contribution >= 4 is 40.2 Å². The molecule has 0 radical (unpaired) electrons. The van der Waals surface area contributed by atoms with Gasteiger partial charge in [-0.3, -0.25) is 14.2 Å². The molecule has 4 heterocycles. The van der Waals surface area contributed by atoms with Crippen LogP contribution >= 0.6 is 11.3 Å². The van der Waals surface area contributed by atoms with Crippen LogP contribution in [-0.2, 0) is 0 Å². The molecule has 0 unspecified atom stereocenters. The quantitative estimate of drug-likeness (QED) is 0.409. The highest BCUT2D eigenvalue weighted by molar-refractivity contribution is 7.13. The summed E-state index contributed by atoms with van der Waals surface area (Å²) in [6, 6.07) is 4.58. The van der Waals surface area contributed by atoms with E-state index in [1.165, 1.54) is 26.6 Å². The molecule has 3 N–H and O–H groups in total. The predicted octanol–water partition coefficient (Wildman–Crippen LogP) is 2.27. The molecule has 4 aromatic rings. The van der Waals surface area contributed by atoms with E-state index in [9.17, 15) is 14.0 Å². The number of fused-ring (bicyclic) bond motifs is 1. The third kappa shape index (κ3) is 3.58. The molecule has 5 rings (SSSR count). The van der Waals surface area contributed by atoms with Gasteiger partial charge in [0.2, 0.25) is 0 Å².